The molecular formula is C16H22N4O3. The lowest BCUT2D eigenvalue weighted by Crippen LogP contribution is -2.34. The van der Waals surface area contributed by atoms with Crippen molar-refractivity contribution in [1.82, 2.24) is 20.3 Å². The van der Waals surface area contributed by atoms with Crippen molar-refractivity contribution >= 4 is 5.91 Å². The molecule has 0 aliphatic carbocycles. The van der Waals surface area contributed by atoms with E-state index in [0.717, 1.165) is 17.9 Å². The first kappa shape index (κ1) is 16.8. The number of aromatic nitrogens is 3. The number of ether oxygens (including phenoxy) is 2. The van der Waals surface area contributed by atoms with Gasteiger partial charge in [0.2, 0.25) is 5.91 Å². The van der Waals surface area contributed by atoms with Gasteiger partial charge in [0.15, 0.2) is 0 Å². The molecule has 0 saturated heterocycles. The highest BCUT2D eigenvalue weighted by Gasteiger charge is 2.08. The van der Waals surface area contributed by atoms with Crippen LogP contribution in [-0.4, -0.2) is 34.1 Å². The predicted molar refractivity (Wildman–Crippen MR) is 85.2 cm³/mol. The molecule has 1 amide bonds. The van der Waals surface area contributed by atoms with Gasteiger partial charge in [0.1, 0.15) is 30.3 Å². The Hall–Kier alpha value is -2.57. The van der Waals surface area contributed by atoms with Gasteiger partial charge in [0.25, 0.3) is 0 Å². The third-order valence-corrected chi connectivity index (χ3v) is 3.36. The molecule has 0 radical (unpaired) electrons. The molecule has 0 aliphatic rings. The number of hydrogen-bond donors (Lipinski definition) is 1. The van der Waals surface area contributed by atoms with Crippen molar-refractivity contribution in [2.75, 3.05) is 7.11 Å². The zero-order valence-corrected chi connectivity index (χ0v) is 13.7. The molecular weight excluding hydrogens is 296 g/mol. The number of carbonyl (C=O) groups is 1. The Morgan fingerprint density at radius 2 is 2.00 bits per heavy atom. The number of hydrogen-bond acceptors (Lipinski definition) is 5. The Labute approximate surface area is 135 Å². The van der Waals surface area contributed by atoms with Crippen molar-refractivity contribution in [2.24, 2.45) is 0 Å². The van der Waals surface area contributed by atoms with Gasteiger partial charge in [-0.05, 0) is 37.6 Å². The highest BCUT2D eigenvalue weighted by Crippen LogP contribution is 2.17. The second-order valence-corrected chi connectivity index (χ2v) is 5.25. The van der Waals surface area contributed by atoms with Crippen LogP contribution in [0.2, 0.25) is 0 Å². The second-order valence-electron chi connectivity index (χ2n) is 5.25. The molecule has 1 atom stereocenters. The molecule has 0 saturated carbocycles. The number of benzene rings is 1. The molecule has 23 heavy (non-hydrogen) atoms. The number of carbonyl (C=O) groups excluding carboxylic acids is 1. The van der Waals surface area contributed by atoms with Crippen molar-refractivity contribution < 1.29 is 14.3 Å². The van der Waals surface area contributed by atoms with Crippen LogP contribution in [0.5, 0.6) is 11.5 Å². The molecule has 0 unspecified atom stereocenters. The third kappa shape index (κ3) is 5.28. The van der Waals surface area contributed by atoms with Gasteiger partial charge in [-0.3, -0.25) is 4.79 Å². The lowest BCUT2D eigenvalue weighted by Gasteiger charge is -2.10. The van der Waals surface area contributed by atoms with E-state index in [1.54, 1.807) is 13.3 Å². The van der Waals surface area contributed by atoms with E-state index in [2.05, 4.69) is 15.6 Å². The minimum Gasteiger partial charge on any atom is -0.497 e. The van der Waals surface area contributed by atoms with Crippen molar-refractivity contribution in [3.05, 3.63) is 36.2 Å². The zero-order chi connectivity index (χ0) is 16.7. The summed E-state index contributed by atoms with van der Waals surface area (Å²) < 4.78 is 12.2. The van der Waals surface area contributed by atoms with Gasteiger partial charge in [0.05, 0.1) is 13.3 Å². The van der Waals surface area contributed by atoms with Crippen LogP contribution >= 0.6 is 0 Å². The fourth-order valence-corrected chi connectivity index (χ4v) is 1.88. The first-order chi connectivity index (χ1) is 11.1. The monoisotopic (exact) mass is 318 g/mol. The summed E-state index contributed by atoms with van der Waals surface area (Å²) in [6, 6.07) is 7.45. The van der Waals surface area contributed by atoms with E-state index in [0.29, 0.717) is 12.3 Å². The van der Waals surface area contributed by atoms with E-state index in [-0.39, 0.29) is 18.5 Å². The Balaban J connectivity index is 1.83. The summed E-state index contributed by atoms with van der Waals surface area (Å²) >= 11 is 0. The maximum Gasteiger partial charge on any atom is 0.242 e. The fraction of sp³-hybridized carbons (Fsp3) is 0.438. The molecule has 7 heteroatoms. The Bertz CT molecular complexity index is 625. The van der Waals surface area contributed by atoms with E-state index in [4.69, 9.17) is 9.47 Å². The number of amides is 1. The molecule has 1 aromatic heterocycles. The summed E-state index contributed by atoms with van der Waals surface area (Å²) in [5, 5.41) is 10.8. The minimum absolute atomic E-state index is 0.0770. The molecule has 1 N–H and O–H groups in total. The van der Waals surface area contributed by atoms with Gasteiger partial charge in [-0.1, -0.05) is 12.1 Å². The molecule has 2 rings (SSSR count). The predicted octanol–water partition coefficient (Wildman–Crippen LogP) is 1.78. The molecule has 124 valence electrons. The summed E-state index contributed by atoms with van der Waals surface area (Å²) in [5.41, 5.74) is 0.664. The molecule has 1 aromatic carbocycles. The lowest BCUT2D eigenvalue weighted by molar-refractivity contribution is -0.122. The van der Waals surface area contributed by atoms with Gasteiger partial charge < -0.3 is 14.8 Å². The maximum absolute atomic E-state index is 11.8. The average Bonchev–Trinajstić information content (AvgIpc) is 3.00. The Morgan fingerprint density at radius 3 is 2.65 bits per heavy atom. The quantitative estimate of drug-likeness (QED) is 0.802. The van der Waals surface area contributed by atoms with Crippen LogP contribution in [-0.2, 0) is 17.9 Å². The summed E-state index contributed by atoms with van der Waals surface area (Å²) in [7, 11) is 1.62. The number of nitrogens with zero attached hydrogens (tertiary/aromatic N) is 3. The van der Waals surface area contributed by atoms with Crippen LogP contribution in [0.3, 0.4) is 0 Å². The van der Waals surface area contributed by atoms with Crippen molar-refractivity contribution in [3.63, 3.8) is 0 Å². The first-order valence-electron chi connectivity index (χ1n) is 7.56. The van der Waals surface area contributed by atoms with Crippen molar-refractivity contribution in [2.45, 2.75) is 39.5 Å². The van der Waals surface area contributed by atoms with Crippen LogP contribution in [0.25, 0.3) is 0 Å². The number of nitrogens with one attached hydrogen (secondary N) is 1. The first-order valence-corrected chi connectivity index (χ1v) is 7.56. The lowest BCUT2D eigenvalue weighted by atomic mass is 10.2. The van der Waals surface area contributed by atoms with Crippen LogP contribution in [0, 0.1) is 0 Å². The maximum atomic E-state index is 11.8. The van der Waals surface area contributed by atoms with Gasteiger partial charge in [-0.15, -0.1) is 5.10 Å². The summed E-state index contributed by atoms with van der Waals surface area (Å²) in [6.07, 6.45) is 2.60. The van der Waals surface area contributed by atoms with E-state index < -0.39 is 0 Å². The highest BCUT2D eigenvalue weighted by atomic mass is 16.5. The van der Waals surface area contributed by atoms with E-state index >= 15 is 0 Å². The molecule has 2 aromatic rings. The largest absolute Gasteiger partial charge is 0.497 e. The Morgan fingerprint density at radius 1 is 1.30 bits per heavy atom. The topological polar surface area (TPSA) is 78.3 Å². The van der Waals surface area contributed by atoms with E-state index in [1.165, 1.54) is 4.68 Å². The van der Waals surface area contributed by atoms with Crippen molar-refractivity contribution in [1.29, 1.82) is 0 Å². The van der Waals surface area contributed by atoms with Crippen molar-refractivity contribution in [3.8, 4) is 11.5 Å². The minimum atomic E-state index is -0.0770. The smallest absolute Gasteiger partial charge is 0.242 e. The summed E-state index contributed by atoms with van der Waals surface area (Å²) in [5.74, 6) is 1.41. The average molecular weight is 318 g/mol. The SMILES string of the molecule is CC[C@@H](C)NC(=O)Cn1cc(COc2ccc(OC)cc2)nn1. The molecule has 1 heterocycles. The summed E-state index contributed by atoms with van der Waals surface area (Å²) in [4.78, 5) is 11.8. The second kappa shape index (κ2) is 8.17. The fourth-order valence-electron chi connectivity index (χ4n) is 1.88. The molecule has 0 bridgehead atoms. The van der Waals surface area contributed by atoms with Gasteiger partial charge >= 0.3 is 0 Å². The van der Waals surface area contributed by atoms with Crippen LogP contribution in [0.4, 0.5) is 0 Å². The standard InChI is InChI=1S/C16H22N4O3/c1-4-12(2)17-16(21)10-20-9-13(18-19-20)11-23-15-7-5-14(22-3)6-8-15/h5-9,12H,4,10-11H2,1-3H3,(H,17,21)/t12-/m1/s1. The van der Waals surface area contributed by atoms with E-state index in [1.807, 2.05) is 38.1 Å². The normalized spacial score (nSPS) is 11.8. The summed E-state index contributed by atoms with van der Waals surface area (Å²) in [6.45, 7) is 4.43. The van der Waals surface area contributed by atoms with Gasteiger partial charge in [0, 0.05) is 6.04 Å². The van der Waals surface area contributed by atoms with Crippen LogP contribution < -0.4 is 14.8 Å². The number of rotatable bonds is 8. The van der Waals surface area contributed by atoms with E-state index in [9.17, 15) is 4.79 Å². The molecule has 7 nitrogen and oxygen atoms in total. The van der Waals surface area contributed by atoms with Gasteiger partial charge in [-0.2, -0.15) is 0 Å². The molecule has 0 aliphatic heterocycles. The number of methoxy groups -OCH3 is 1. The Kier molecular flexibility index (Phi) is 5.96. The van der Waals surface area contributed by atoms with Gasteiger partial charge in [-0.25, -0.2) is 4.68 Å². The highest BCUT2D eigenvalue weighted by molar-refractivity contribution is 5.75. The molecule has 0 fully saturated rings. The molecule has 0 spiro atoms. The van der Waals surface area contributed by atoms with Crippen LogP contribution in [0.15, 0.2) is 30.5 Å². The van der Waals surface area contributed by atoms with Crippen LogP contribution in [0.1, 0.15) is 26.0 Å². The third-order valence-electron chi connectivity index (χ3n) is 3.36. The zero-order valence-electron chi connectivity index (χ0n) is 13.7.